The van der Waals surface area contributed by atoms with Crippen molar-refractivity contribution in [1.29, 1.82) is 0 Å². The zero-order valence-electron chi connectivity index (χ0n) is 12.3. The first-order valence-corrected chi connectivity index (χ1v) is 6.67. The molecular formula is C14H22N4O. The Bertz CT molecular complexity index is 541. The highest BCUT2D eigenvalue weighted by Crippen LogP contribution is 2.21. The van der Waals surface area contributed by atoms with Crippen LogP contribution in [0.3, 0.4) is 0 Å². The average Bonchev–Trinajstić information content (AvgIpc) is 2.92. The van der Waals surface area contributed by atoms with Gasteiger partial charge in [0, 0.05) is 17.6 Å². The summed E-state index contributed by atoms with van der Waals surface area (Å²) >= 11 is 0. The number of nitrogens with zero attached hydrogens (tertiary/aromatic N) is 3. The smallest absolute Gasteiger partial charge is 0.141 e. The van der Waals surface area contributed by atoms with Crippen LogP contribution in [0.1, 0.15) is 55.8 Å². The first-order chi connectivity index (χ1) is 8.99. The van der Waals surface area contributed by atoms with Crippen molar-refractivity contribution in [1.82, 2.24) is 20.1 Å². The van der Waals surface area contributed by atoms with Crippen molar-refractivity contribution in [3.63, 3.8) is 0 Å². The van der Waals surface area contributed by atoms with Gasteiger partial charge in [-0.05, 0) is 40.7 Å². The van der Waals surface area contributed by atoms with Gasteiger partial charge in [0.2, 0.25) is 0 Å². The van der Waals surface area contributed by atoms with E-state index in [-0.39, 0.29) is 6.04 Å². The van der Waals surface area contributed by atoms with E-state index in [4.69, 9.17) is 4.42 Å². The second-order valence-corrected chi connectivity index (χ2v) is 5.19. The van der Waals surface area contributed by atoms with Crippen molar-refractivity contribution in [2.75, 3.05) is 0 Å². The highest BCUT2D eigenvalue weighted by Gasteiger charge is 2.14. The lowest BCUT2D eigenvalue weighted by Crippen LogP contribution is -2.21. The normalized spacial score (nSPS) is 13.2. The standard InChI is InChI=1S/C14H22N4O/c1-9(2)18-14(16-8-17-18)7-15-11(4)13-6-10(3)19-12(13)5/h6,8-9,11,15H,7H2,1-5H3. The maximum Gasteiger partial charge on any atom is 0.141 e. The lowest BCUT2D eigenvalue weighted by atomic mass is 10.1. The Kier molecular flexibility index (Phi) is 4.04. The molecular weight excluding hydrogens is 240 g/mol. The third kappa shape index (κ3) is 3.04. The summed E-state index contributed by atoms with van der Waals surface area (Å²) < 4.78 is 7.50. The van der Waals surface area contributed by atoms with Gasteiger partial charge in [-0.1, -0.05) is 0 Å². The van der Waals surface area contributed by atoms with E-state index in [2.05, 4.69) is 42.2 Å². The van der Waals surface area contributed by atoms with Crippen molar-refractivity contribution in [3.8, 4) is 0 Å². The summed E-state index contributed by atoms with van der Waals surface area (Å²) in [4.78, 5) is 4.30. The Balaban J connectivity index is 2.02. The molecule has 2 heterocycles. The Labute approximate surface area is 114 Å². The highest BCUT2D eigenvalue weighted by atomic mass is 16.3. The Hall–Kier alpha value is -1.62. The molecule has 0 aliphatic rings. The van der Waals surface area contributed by atoms with Gasteiger partial charge in [0.1, 0.15) is 23.7 Å². The molecule has 19 heavy (non-hydrogen) atoms. The molecule has 0 saturated carbocycles. The zero-order valence-corrected chi connectivity index (χ0v) is 12.3. The molecule has 0 saturated heterocycles. The van der Waals surface area contributed by atoms with E-state index < -0.39 is 0 Å². The number of furan rings is 1. The van der Waals surface area contributed by atoms with E-state index in [1.807, 2.05) is 18.5 Å². The first kappa shape index (κ1) is 13.8. The minimum Gasteiger partial charge on any atom is -0.466 e. The predicted octanol–water partition coefficient (Wildman–Crippen LogP) is 2.92. The summed E-state index contributed by atoms with van der Waals surface area (Å²) in [6.45, 7) is 11.0. The summed E-state index contributed by atoms with van der Waals surface area (Å²) in [5.74, 6) is 2.88. The minimum atomic E-state index is 0.231. The van der Waals surface area contributed by atoms with Crippen LogP contribution >= 0.6 is 0 Å². The molecule has 2 rings (SSSR count). The molecule has 0 bridgehead atoms. The largest absolute Gasteiger partial charge is 0.466 e. The Morgan fingerprint density at radius 3 is 2.63 bits per heavy atom. The van der Waals surface area contributed by atoms with Gasteiger partial charge >= 0.3 is 0 Å². The SMILES string of the molecule is Cc1cc(C(C)NCc2ncnn2C(C)C)c(C)o1. The van der Waals surface area contributed by atoms with E-state index >= 15 is 0 Å². The summed E-state index contributed by atoms with van der Waals surface area (Å²) in [6.07, 6.45) is 1.61. The molecule has 1 N–H and O–H groups in total. The van der Waals surface area contributed by atoms with Crippen LogP contribution in [0.5, 0.6) is 0 Å². The van der Waals surface area contributed by atoms with Crippen LogP contribution < -0.4 is 5.32 Å². The van der Waals surface area contributed by atoms with Gasteiger partial charge in [-0.25, -0.2) is 9.67 Å². The van der Waals surface area contributed by atoms with Crippen molar-refractivity contribution in [2.24, 2.45) is 0 Å². The number of nitrogens with one attached hydrogen (secondary N) is 1. The van der Waals surface area contributed by atoms with E-state index in [1.165, 1.54) is 5.56 Å². The maximum absolute atomic E-state index is 5.56. The number of hydrogen-bond donors (Lipinski definition) is 1. The lowest BCUT2D eigenvalue weighted by molar-refractivity contribution is 0.465. The van der Waals surface area contributed by atoms with E-state index in [1.54, 1.807) is 6.33 Å². The molecule has 0 aliphatic heterocycles. The predicted molar refractivity (Wildman–Crippen MR) is 73.8 cm³/mol. The van der Waals surface area contributed by atoms with Gasteiger partial charge in [-0.2, -0.15) is 5.10 Å². The molecule has 0 fully saturated rings. The Morgan fingerprint density at radius 2 is 2.05 bits per heavy atom. The van der Waals surface area contributed by atoms with E-state index in [0.29, 0.717) is 12.6 Å². The number of aromatic nitrogens is 3. The molecule has 5 heteroatoms. The molecule has 1 atom stereocenters. The molecule has 0 aromatic carbocycles. The molecule has 1 unspecified atom stereocenters. The minimum absolute atomic E-state index is 0.231. The topological polar surface area (TPSA) is 55.9 Å². The molecule has 2 aromatic rings. The van der Waals surface area contributed by atoms with Crippen LogP contribution in [0.2, 0.25) is 0 Å². The van der Waals surface area contributed by atoms with Gasteiger partial charge in [-0.15, -0.1) is 0 Å². The van der Waals surface area contributed by atoms with E-state index in [9.17, 15) is 0 Å². The number of rotatable bonds is 5. The highest BCUT2D eigenvalue weighted by molar-refractivity contribution is 5.23. The van der Waals surface area contributed by atoms with Gasteiger partial charge in [0.15, 0.2) is 0 Å². The molecule has 5 nitrogen and oxygen atoms in total. The van der Waals surface area contributed by atoms with Gasteiger partial charge in [0.05, 0.1) is 6.54 Å². The van der Waals surface area contributed by atoms with Crippen molar-refractivity contribution in [3.05, 3.63) is 35.3 Å². The van der Waals surface area contributed by atoms with Crippen LogP contribution in [-0.2, 0) is 6.54 Å². The van der Waals surface area contributed by atoms with Crippen molar-refractivity contribution < 1.29 is 4.42 Å². The summed E-state index contributed by atoms with van der Waals surface area (Å²) in [6, 6.07) is 2.64. The maximum atomic E-state index is 5.56. The van der Waals surface area contributed by atoms with E-state index in [0.717, 1.165) is 17.3 Å². The summed E-state index contributed by atoms with van der Waals surface area (Å²) in [5.41, 5.74) is 1.20. The molecule has 0 spiro atoms. The van der Waals surface area contributed by atoms with Crippen LogP contribution in [0.4, 0.5) is 0 Å². The van der Waals surface area contributed by atoms with Crippen LogP contribution in [-0.4, -0.2) is 14.8 Å². The van der Waals surface area contributed by atoms with Crippen molar-refractivity contribution >= 4 is 0 Å². The average molecular weight is 262 g/mol. The second kappa shape index (κ2) is 5.57. The van der Waals surface area contributed by atoms with Crippen LogP contribution in [0.25, 0.3) is 0 Å². The first-order valence-electron chi connectivity index (χ1n) is 6.67. The van der Waals surface area contributed by atoms with Gasteiger partial charge in [-0.3, -0.25) is 0 Å². The quantitative estimate of drug-likeness (QED) is 0.900. The monoisotopic (exact) mass is 262 g/mol. The second-order valence-electron chi connectivity index (χ2n) is 5.19. The molecule has 2 aromatic heterocycles. The molecule has 0 amide bonds. The molecule has 0 aliphatic carbocycles. The number of hydrogen-bond acceptors (Lipinski definition) is 4. The fourth-order valence-corrected chi connectivity index (χ4v) is 2.27. The fraction of sp³-hybridized carbons (Fsp3) is 0.571. The molecule has 104 valence electrons. The van der Waals surface area contributed by atoms with Crippen LogP contribution in [0.15, 0.2) is 16.8 Å². The van der Waals surface area contributed by atoms with Gasteiger partial charge < -0.3 is 9.73 Å². The summed E-state index contributed by atoms with van der Waals surface area (Å²) in [7, 11) is 0. The Morgan fingerprint density at radius 1 is 1.32 bits per heavy atom. The van der Waals surface area contributed by atoms with Gasteiger partial charge in [0.25, 0.3) is 0 Å². The lowest BCUT2D eigenvalue weighted by Gasteiger charge is -2.14. The third-order valence-corrected chi connectivity index (χ3v) is 3.25. The number of aryl methyl sites for hydroxylation is 2. The van der Waals surface area contributed by atoms with Crippen LogP contribution in [0, 0.1) is 13.8 Å². The molecule has 0 radical (unpaired) electrons. The zero-order chi connectivity index (χ0) is 14.0. The van der Waals surface area contributed by atoms with Crippen molar-refractivity contribution in [2.45, 2.75) is 53.2 Å². The summed E-state index contributed by atoms with van der Waals surface area (Å²) in [5, 5.41) is 7.70. The fourth-order valence-electron chi connectivity index (χ4n) is 2.27. The third-order valence-electron chi connectivity index (χ3n) is 3.25.